The molecule has 1 aliphatic carbocycles. The first-order valence-corrected chi connectivity index (χ1v) is 8.87. The molecule has 0 aromatic heterocycles. The zero-order chi connectivity index (χ0) is 18.4. The highest BCUT2D eigenvalue weighted by Gasteiger charge is 2.64. The molecular formula is C17H19N2O5S. The van der Waals surface area contributed by atoms with Gasteiger partial charge in [-0.1, -0.05) is 0 Å². The smallest absolute Gasteiger partial charge is 0.327 e. The molecule has 1 saturated carbocycles. The maximum atomic E-state index is 12.3. The molecule has 2 aliphatic heterocycles. The second-order valence-electron chi connectivity index (χ2n) is 6.74. The van der Waals surface area contributed by atoms with Crippen molar-refractivity contribution in [2.45, 2.75) is 48.9 Å². The Balaban J connectivity index is 1.52. The van der Waals surface area contributed by atoms with E-state index in [1.807, 2.05) is 0 Å². The lowest BCUT2D eigenvalue weighted by atomic mass is 9.95. The highest BCUT2D eigenvalue weighted by Crippen LogP contribution is 2.50. The van der Waals surface area contributed by atoms with Gasteiger partial charge in [-0.3, -0.25) is 14.4 Å². The Labute approximate surface area is 150 Å². The first-order chi connectivity index (χ1) is 11.7. The Morgan fingerprint density at radius 3 is 2.48 bits per heavy atom. The molecule has 2 amide bonds. The van der Waals surface area contributed by atoms with Crippen LogP contribution in [0.5, 0.6) is 0 Å². The Morgan fingerprint density at radius 2 is 1.88 bits per heavy atom. The summed E-state index contributed by atoms with van der Waals surface area (Å²) in [6.07, 6.45) is 6.96. The molecule has 0 aromatic rings. The second-order valence-corrected chi connectivity index (χ2v) is 8.51. The van der Waals surface area contributed by atoms with E-state index in [2.05, 4.69) is 5.32 Å². The molecule has 7 nitrogen and oxygen atoms in total. The number of ketones is 1. The van der Waals surface area contributed by atoms with Gasteiger partial charge in [0.05, 0.1) is 0 Å². The van der Waals surface area contributed by atoms with Gasteiger partial charge in [-0.25, -0.2) is 4.79 Å². The van der Waals surface area contributed by atoms with Crippen molar-refractivity contribution in [3.63, 3.8) is 0 Å². The Kier molecular flexibility index (Phi) is 4.83. The van der Waals surface area contributed by atoms with Crippen LogP contribution in [0, 0.1) is 31.6 Å². The van der Waals surface area contributed by atoms with Crippen molar-refractivity contribution in [2.75, 3.05) is 0 Å². The number of thioether (sulfide) groups is 1. The fraction of sp³-hybridized carbons (Fsp3) is 0.471. The lowest BCUT2D eigenvalue weighted by Gasteiger charge is -2.43. The quantitative estimate of drug-likeness (QED) is 0.661. The van der Waals surface area contributed by atoms with Crippen molar-refractivity contribution in [1.82, 2.24) is 10.2 Å². The summed E-state index contributed by atoms with van der Waals surface area (Å²) >= 11 is 1.37. The summed E-state index contributed by atoms with van der Waals surface area (Å²) in [5.41, 5.74) is 0. The van der Waals surface area contributed by atoms with E-state index in [1.165, 1.54) is 16.7 Å². The van der Waals surface area contributed by atoms with E-state index in [0.717, 1.165) is 0 Å². The van der Waals surface area contributed by atoms with Crippen molar-refractivity contribution < 1.29 is 24.3 Å². The van der Waals surface area contributed by atoms with Crippen LogP contribution in [-0.4, -0.2) is 55.8 Å². The molecule has 2 saturated heterocycles. The zero-order valence-corrected chi connectivity index (χ0v) is 14.7. The van der Waals surface area contributed by atoms with Gasteiger partial charge in [0, 0.05) is 23.5 Å². The molecule has 0 spiro atoms. The third-order valence-electron chi connectivity index (χ3n) is 4.56. The number of carbonyl (C=O) groups is 4. The minimum atomic E-state index is -1.04. The molecule has 8 heteroatoms. The van der Waals surface area contributed by atoms with E-state index in [-0.39, 0.29) is 35.8 Å². The summed E-state index contributed by atoms with van der Waals surface area (Å²) in [5.74, 6) is -1.36. The summed E-state index contributed by atoms with van der Waals surface area (Å²) in [4.78, 5) is 49.0. The van der Waals surface area contributed by atoms with E-state index in [9.17, 15) is 24.3 Å². The molecule has 3 atom stereocenters. The van der Waals surface area contributed by atoms with E-state index in [1.54, 1.807) is 39.5 Å². The monoisotopic (exact) mass is 363 g/mol. The largest absolute Gasteiger partial charge is 0.480 e. The summed E-state index contributed by atoms with van der Waals surface area (Å²) in [7, 11) is 0. The molecule has 3 fully saturated rings. The van der Waals surface area contributed by atoms with Crippen LogP contribution in [0.4, 0.5) is 0 Å². The Bertz CT molecular complexity index is 614. The molecule has 0 aromatic carbocycles. The molecule has 0 bridgehead atoms. The summed E-state index contributed by atoms with van der Waals surface area (Å²) in [5, 5.41) is 11.6. The number of hydrogen-bond donors (Lipinski definition) is 2. The number of Topliss-reactive ketones (excluding diaryl/α,β-unsaturated/α-hetero) is 1. The van der Waals surface area contributed by atoms with Crippen molar-refractivity contribution in [2.24, 2.45) is 0 Å². The van der Waals surface area contributed by atoms with Gasteiger partial charge in [-0.15, -0.1) is 11.8 Å². The topological polar surface area (TPSA) is 104 Å². The SMILES string of the molecule is CC1(C)S[C@@H]2[C@H](NC(=O)CCC(=O)[C]3[CH][CH][CH][CH]3)C(=O)N2[C@H]1C(=O)O. The number of nitrogens with zero attached hydrogens (tertiary/aromatic N) is 1. The summed E-state index contributed by atoms with van der Waals surface area (Å²) < 4.78 is -0.626. The van der Waals surface area contributed by atoms with Gasteiger partial charge in [0.1, 0.15) is 23.2 Å². The normalized spacial score (nSPS) is 30.7. The lowest BCUT2D eigenvalue weighted by molar-refractivity contribution is -0.161. The maximum absolute atomic E-state index is 12.3. The van der Waals surface area contributed by atoms with E-state index >= 15 is 0 Å². The minimum absolute atomic E-state index is 0.00304. The highest BCUT2D eigenvalue weighted by atomic mass is 32.2. The molecule has 133 valence electrons. The molecule has 25 heavy (non-hydrogen) atoms. The second kappa shape index (κ2) is 6.63. The van der Waals surface area contributed by atoms with Gasteiger partial charge in [-0.05, 0) is 39.5 Å². The molecule has 3 rings (SSSR count). The fourth-order valence-electron chi connectivity index (χ4n) is 3.32. The average Bonchev–Trinajstić information content (AvgIpc) is 3.14. The number of β-lactam (4-membered cyclic amide) rings is 1. The summed E-state index contributed by atoms with van der Waals surface area (Å²) in [6, 6.07) is -1.63. The summed E-state index contributed by atoms with van der Waals surface area (Å²) in [6.45, 7) is 3.55. The Morgan fingerprint density at radius 1 is 1.24 bits per heavy atom. The number of carboxylic acids is 1. The molecule has 2 heterocycles. The minimum Gasteiger partial charge on any atom is -0.480 e. The number of amides is 2. The number of hydrogen-bond acceptors (Lipinski definition) is 5. The van der Waals surface area contributed by atoms with Crippen LogP contribution >= 0.6 is 11.8 Å². The van der Waals surface area contributed by atoms with Gasteiger partial charge in [-0.2, -0.15) is 0 Å². The third-order valence-corrected chi connectivity index (χ3v) is 6.13. The van der Waals surface area contributed by atoms with Crippen molar-refractivity contribution in [3.8, 4) is 0 Å². The molecule has 3 aliphatic rings. The highest BCUT2D eigenvalue weighted by molar-refractivity contribution is 8.01. The van der Waals surface area contributed by atoms with Gasteiger partial charge in [0.15, 0.2) is 0 Å². The number of aliphatic carboxylic acids is 1. The third kappa shape index (κ3) is 3.28. The maximum Gasteiger partial charge on any atom is 0.327 e. The van der Waals surface area contributed by atoms with Crippen molar-refractivity contribution in [3.05, 3.63) is 31.6 Å². The number of carboxylic acid groups (broad SMARTS) is 1. The van der Waals surface area contributed by atoms with Crippen LogP contribution in [0.3, 0.4) is 0 Å². The van der Waals surface area contributed by atoms with E-state index in [0.29, 0.717) is 5.92 Å². The van der Waals surface area contributed by atoms with Gasteiger partial charge < -0.3 is 15.3 Å². The number of rotatable bonds is 6. The molecule has 0 unspecified atom stereocenters. The van der Waals surface area contributed by atoms with Crippen LogP contribution in [0.2, 0.25) is 0 Å². The van der Waals surface area contributed by atoms with E-state index in [4.69, 9.17) is 0 Å². The van der Waals surface area contributed by atoms with Crippen LogP contribution in [0.1, 0.15) is 26.7 Å². The van der Waals surface area contributed by atoms with Crippen LogP contribution < -0.4 is 5.32 Å². The van der Waals surface area contributed by atoms with Gasteiger partial charge in [0.2, 0.25) is 11.8 Å². The lowest BCUT2D eigenvalue weighted by Crippen LogP contribution is -2.70. The molecular weight excluding hydrogens is 344 g/mol. The fourth-order valence-corrected chi connectivity index (χ4v) is 4.95. The van der Waals surface area contributed by atoms with Crippen molar-refractivity contribution >= 4 is 35.3 Å². The van der Waals surface area contributed by atoms with E-state index < -0.39 is 22.8 Å². The Hall–Kier alpha value is -1.57. The molecule has 5 radical (unpaired) electrons. The predicted octanol–water partition coefficient (Wildman–Crippen LogP) is 0.373. The predicted molar refractivity (Wildman–Crippen MR) is 90.3 cm³/mol. The van der Waals surface area contributed by atoms with Crippen LogP contribution in [-0.2, 0) is 19.2 Å². The molecule has 2 N–H and O–H groups in total. The number of fused-ring (bicyclic) bond motifs is 1. The van der Waals surface area contributed by atoms with Crippen LogP contribution in [0.15, 0.2) is 0 Å². The zero-order valence-electron chi connectivity index (χ0n) is 13.9. The van der Waals surface area contributed by atoms with Crippen LogP contribution in [0.25, 0.3) is 0 Å². The van der Waals surface area contributed by atoms with Gasteiger partial charge >= 0.3 is 5.97 Å². The van der Waals surface area contributed by atoms with Gasteiger partial charge in [0.25, 0.3) is 0 Å². The number of carbonyl (C=O) groups excluding carboxylic acids is 3. The first-order valence-electron chi connectivity index (χ1n) is 7.99. The standard InChI is InChI=1S/C17H19N2O5S/c1-17(2)13(16(23)24)19-14(22)12(15(19)25-17)18-11(21)8-7-10(20)9-5-3-4-6-9/h3-6,12-13,15H,7-8H2,1-2H3,(H,18,21)(H,23,24)/t12-,13+,15-/m1/s1. The number of nitrogens with one attached hydrogen (secondary N) is 1. The average molecular weight is 363 g/mol. The van der Waals surface area contributed by atoms with Crippen molar-refractivity contribution in [1.29, 1.82) is 0 Å². The first kappa shape index (κ1) is 18.2.